The molecule has 0 bridgehead atoms. The Kier molecular flexibility index (Phi) is 4.09. The highest BCUT2D eigenvalue weighted by Gasteiger charge is 2.11. The van der Waals surface area contributed by atoms with E-state index in [0.29, 0.717) is 21.3 Å². The minimum atomic E-state index is -0.348. The zero-order valence-corrected chi connectivity index (χ0v) is 12.6. The van der Waals surface area contributed by atoms with Gasteiger partial charge in [0, 0.05) is 27.4 Å². The molecule has 0 aliphatic carbocycles. The molecule has 22 heavy (non-hydrogen) atoms. The highest BCUT2D eigenvalue weighted by Crippen LogP contribution is 2.26. The summed E-state index contributed by atoms with van der Waals surface area (Å²) in [5, 5.41) is 3.54. The first kappa shape index (κ1) is 14.6. The number of carbonyl (C=O) groups excluding carboxylic acids is 1. The molecule has 0 radical (unpaired) electrons. The summed E-state index contributed by atoms with van der Waals surface area (Å²) < 4.78 is 4.98. The third kappa shape index (κ3) is 3.27. The second-order valence-electron chi connectivity index (χ2n) is 4.38. The highest BCUT2D eigenvalue weighted by atomic mass is 35.5. The number of nitrogens with one attached hydrogen (secondary N) is 1. The average Bonchev–Trinajstić information content (AvgIpc) is 2.99. The molecule has 0 spiro atoms. The van der Waals surface area contributed by atoms with Crippen LogP contribution in [0.3, 0.4) is 0 Å². The first-order chi connectivity index (χ1) is 10.6. The predicted octanol–water partition coefficient (Wildman–Crippen LogP) is 4.30. The molecule has 0 saturated carbocycles. The lowest BCUT2D eigenvalue weighted by molar-refractivity contribution is 0.102. The van der Waals surface area contributed by atoms with Crippen molar-refractivity contribution in [1.82, 2.24) is 9.97 Å². The summed E-state index contributed by atoms with van der Waals surface area (Å²) in [6, 6.07) is 8.45. The largest absolute Gasteiger partial charge is 0.432 e. The van der Waals surface area contributed by atoms with Gasteiger partial charge in [-0.05, 0) is 30.3 Å². The lowest BCUT2D eigenvalue weighted by Crippen LogP contribution is -2.12. The van der Waals surface area contributed by atoms with E-state index in [1.165, 1.54) is 18.7 Å². The van der Waals surface area contributed by atoms with Crippen LogP contribution in [0.5, 0.6) is 0 Å². The Bertz CT molecular complexity index is 799. The van der Waals surface area contributed by atoms with Crippen LogP contribution in [0, 0.1) is 0 Å². The molecule has 0 saturated heterocycles. The van der Waals surface area contributed by atoms with Crippen LogP contribution in [-0.2, 0) is 0 Å². The number of aromatic nitrogens is 2. The van der Waals surface area contributed by atoms with E-state index in [4.69, 9.17) is 27.6 Å². The van der Waals surface area contributed by atoms with Crippen molar-refractivity contribution in [3.8, 4) is 11.3 Å². The molecule has 0 unspecified atom stereocenters. The third-order valence-corrected chi connectivity index (χ3v) is 3.27. The van der Waals surface area contributed by atoms with E-state index in [2.05, 4.69) is 15.3 Å². The van der Waals surface area contributed by atoms with Crippen LogP contribution in [0.15, 0.2) is 53.4 Å². The van der Waals surface area contributed by atoms with Crippen LogP contribution < -0.4 is 5.32 Å². The topological polar surface area (TPSA) is 68.0 Å². The number of oxazole rings is 1. The van der Waals surface area contributed by atoms with Crippen molar-refractivity contribution in [3.05, 3.63) is 64.6 Å². The number of pyridine rings is 1. The Hall–Kier alpha value is -2.37. The Labute approximate surface area is 135 Å². The number of rotatable bonds is 3. The number of nitrogens with zero attached hydrogens (tertiary/aromatic N) is 2. The van der Waals surface area contributed by atoms with E-state index in [0.717, 1.165) is 5.56 Å². The Morgan fingerprint density at radius 3 is 2.50 bits per heavy atom. The molecule has 2 heterocycles. The Morgan fingerprint density at radius 1 is 1.05 bits per heavy atom. The van der Waals surface area contributed by atoms with Gasteiger partial charge in [-0.25, -0.2) is 4.98 Å². The quantitative estimate of drug-likeness (QED) is 0.776. The number of amides is 1. The van der Waals surface area contributed by atoms with Crippen LogP contribution in [0.2, 0.25) is 10.0 Å². The summed E-state index contributed by atoms with van der Waals surface area (Å²) >= 11 is 12.0. The van der Waals surface area contributed by atoms with Crippen molar-refractivity contribution in [2.24, 2.45) is 0 Å². The number of benzene rings is 1. The van der Waals surface area contributed by atoms with E-state index in [-0.39, 0.29) is 11.9 Å². The van der Waals surface area contributed by atoms with Gasteiger partial charge in [-0.1, -0.05) is 23.2 Å². The monoisotopic (exact) mass is 333 g/mol. The molecular formula is C15H9Cl2N3O2. The number of carbonyl (C=O) groups is 1. The summed E-state index contributed by atoms with van der Waals surface area (Å²) in [4.78, 5) is 20.2. The SMILES string of the molecule is O=C(Nc1ncco1)c1ccnc(-c2cc(Cl)cc(Cl)c2)c1. The van der Waals surface area contributed by atoms with Gasteiger partial charge >= 0.3 is 6.01 Å². The van der Waals surface area contributed by atoms with Gasteiger partial charge in [-0.2, -0.15) is 0 Å². The van der Waals surface area contributed by atoms with E-state index >= 15 is 0 Å². The lowest BCUT2D eigenvalue weighted by Gasteiger charge is -2.05. The van der Waals surface area contributed by atoms with Crippen LogP contribution in [-0.4, -0.2) is 15.9 Å². The standard InChI is InChI=1S/C15H9Cl2N3O2/c16-11-5-10(6-12(17)8-11)13-7-9(1-2-18-13)14(21)20-15-19-3-4-22-15/h1-8H,(H,19,20,21). The molecule has 5 nitrogen and oxygen atoms in total. The lowest BCUT2D eigenvalue weighted by atomic mass is 10.1. The van der Waals surface area contributed by atoms with Gasteiger partial charge in [0.1, 0.15) is 6.26 Å². The number of halogens is 2. The van der Waals surface area contributed by atoms with Crippen LogP contribution in [0.1, 0.15) is 10.4 Å². The molecule has 0 fully saturated rings. The molecule has 1 aromatic carbocycles. The maximum absolute atomic E-state index is 12.1. The minimum Gasteiger partial charge on any atom is -0.432 e. The highest BCUT2D eigenvalue weighted by molar-refractivity contribution is 6.35. The predicted molar refractivity (Wildman–Crippen MR) is 84.1 cm³/mol. The molecular weight excluding hydrogens is 325 g/mol. The second-order valence-corrected chi connectivity index (χ2v) is 5.25. The fourth-order valence-electron chi connectivity index (χ4n) is 1.89. The van der Waals surface area contributed by atoms with Gasteiger partial charge in [0.25, 0.3) is 5.91 Å². The van der Waals surface area contributed by atoms with E-state index in [1.807, 2.05) is 0 Å². The fourth-order valence-corrected chi connectivity index (χ4v) is 2.41. The maximum atomic E-state index is 12.1. The van der Waals surface area contributed by atoms with Crippen molar-refractivity contribution in [2.45, 2.75) is 0 Å². The first-order valence-corrected chi connectivity index (χ1v) is 7.01. The third-order valence-electron chi connectivity index (χ3n) is 2.83. The normalized spacial score (nSPS) is 10.5. The zero-order valence-electron chi connectivity index (χ0n) is 11.1. The average molecular weight is 334 g/mol. The molecule has 2 aromatic heterocycles. The molecule has 3 rings (SSSR count). The van der Waals surface area contributed by atoms with E-state index in [1.54, 1.807) is 30.3 Å². The molecule has 3 aromatic rings. The summed E-state index contributed by atoms with van der Waals surface area (Å²) in [6.45, 7) is 0. The smallest absolute Gasteiger partial charge is 0.301 e. The van der Waals surface area contributed by atoms with E-state index in [9.17, 15) is 4.79 Å². The summed E-state index contributed by atoms with van der Waals surface area (Å²) in [7, 11) is 0. The number of hydrogen-bond donors (Lipinski definition) is 1. The zero-order chi connectivity index (χ0) is 15.5. The Balaban J connectivity index is 1.90. The van der Waals surface area contributed by atoms with Gasteiger partial charge in [-0.3, -0.25) is 15.1 Å². The summed E-state index contributed by atoms with van der Waals surface area (Å²) in [6.07, 6.45) is 4.36. The number of anilines is 1. The van der Waals surface area contributed by atoms with Gasteiger partial charge in [0.15, 0.2) is 0 Å². The van der Waals surface area contributed by atoms with Crippen LogP contribution >= 0.6 is 23.2 Å². The first-order valence-electron chi connectivity index (χ1n) is 6.25. The molecule has 0 aliphatic rings. The number of hydrogen-bond acceptors (Lipinski definition) is 4. The van der Waals surface area contributed by atoms with Gasteiger partial charge < -0.3 is 4.42 Å². The van der Waals surface area contributed by atoms with Crippen LogP contribution in [0.25, 0.3) is 11.3 Å². The molecule has 0 aliphatic heterocycles. The maximum Gasteiger partial charge on any atom is 0.301 e. The van der Waals surface area contributed by atoms with E-state index < -0.39 is 0 Å². The van der Waals surface area contributed by atoms with Gasteiger partial charge in [0.05, 0.1) is 11.9 Å². The van der Waals surface area contributed by atoms with Gasteiger partial charge in [0.2, 0.25) is 0 Å². The fraction of sp³-hybridized carbons (Fsp3) is 0. The Morgan fingerprint density at radius 2 is 1.82 bits per heavy atom. The second kappa shape index (κ2) is 6.17. The summed E-state index contributed by atoms with van der Waals surface area (Å²) in [5.74, 6) is -0.348. The molecule has 1 amide bonds. The van der Waals surface area contributed by atoms with Gasteiger partial charge in [-0.15, -0.1) is 0 Å². The molecule has 7 heteroatoms. The molecule has 110 valence electrons. The van der Waals surface area contributed by atoms with Crippen LogP contribution in [0.4, 0.5) is 6.01 Å². The van der Waals surface area contributed by atoms with Crippen molar-refractivity contribution < 1.29 is 9.21 Å². The van der Waals surface area contributed by atoms with Crippen molar-refractivity contribution >= 4 is 35.1 Å². The molecule has 0 atom stereocenters. The van der Waals surface area contributed by atoms with Crippen molar-refractivity contribution in [1.29, 1.82) is 0 Å². The van der Waals surface area contributed by atoms with Crippen molar-refractivity contribution in [2.75, 3.05) is 5.32 Å². The van der Waals surface area contributed by atoms with Crippen molar-refractivity contribution in [3.63, 3.8) is 0 Å². The molecule has 1 N–H and O–H groups in total. The summed E-state index contributed by atoms with van der Waals surface area (Å²) in [5.41, 5.74) is 1.73. The minimum absolute atomic E-state index is 0.133.